The van der Waals surface area contributed by atoms with E-state index in [2.05, 4.69) is 10.3 Å². The first kappa shape index (κ1) is 20.5. The fraction of sp³-hybridized carbons (Fsp3) is 0.364. The molecule has 2 aliphatic rings. The van der Waals surface area contributed by atoms with E-state index in [0.29, 0.717) is 27.9 Å². The number of anilines is 1. The summed E-state index contributed by atoms with van der Waals surface area (Å²) in [6, 6.07) is 8.07. The van der Waals surface area contributed by atoms with Crippen molar-refractivity contribution in [1.29, 1.82) is 0 Å². The number of aliphatic hydroxyl groups is 1. The molecule has 0 bridgehead atoms. The third kappa shape index (κ3) is 4.86. The second-order valence-corrected chi connectivity index (χ2v) is 7.75. The summed E-state index contributed by atoms with van der Waals surface area (Å²) >= 11 is 5.91. The molecule has 2 atom stereocenters. The molecule has 0 saturated carbocycles. The molecule has 1 aromatic heterocycles. The number of nitrogens with one attached hydrogen (secondary N) is 1. The molecule has 2 aromatic rings. The van der Waals surface area contributed by atoms with Crippen molar-refractivity contribution in [2.45, 2.75) is 31.4 Å². The molecule has 1 saturated heterocycles. The first-order valence-corrected chi connectivity index (χ1v) is 10.4. The number of hydrogen-bond donors (Lipinski definition) is 2. The summed E-state index contributed by atoms with van der Waals surface area (Å²) in [7, 11) is 0. The number of aromatic nitrogens is 1. The highest BCUT2D eigenvalue weighted by molar-refractivity contribution is 6.30. The summed E-state index contributed by atoms with van der Waals surface area (Å²) in [5.41, 5.74) is 0.657. The Hall–Kier alpha value is -2.77. The van der Waals surface area contributed by atoms with E-state index in [1.807, 2.05) is 4.90 Å². The lowest BCUT2D eigenvalue weighted by atomic mass is 10.1. The van der Waals surface area contributed by atoms with Crippen LogP contribution in [0.25, 0.3) is 0 Å². The molecule has 7 nitrogen and oxygen atoms in total. The highest BCUT2D eigenvalue weighted by Crippen LogP contribution is 2.34. The standard InChI is InChI=1S/C22H24ClN3O4/c23-16-5-9-21(24-13-16)25-17(22(28)26-10-2-1-3-11-26)6-7-18(27)15-4-8-19-20(12-15)30-14-29-19/h4-9,12-13,17-18,27H,1-3,10-11,14H2,(H,24,25)/b7-6-. The van der Waals surface area contributed by atoms with E-state index >= 15 is 0 Å². The minimum Gasteiger partial charge on any atom is -0.454 e. The first-order valence-electron chi connectivity index (χ1n) is 10.0. The van der Waals surface area contributed by atoms with Crippen molar-refractivity contribution in [3.8, 4) is 11.5 Å². The quantitative estimate of drug-likeness (QED) is 0.683. The highest BCUT2D eigenvalue weighted by Gasteiger charge is 2.24. The molecule has 4 rings (SSSR count). The molecule has 0 aliphatic carbocycles. The van der Waals surface area contributed by atoms with Crippen molar-refractivity contribution < 1.29 is 19.4 Å². The average molecular weight is 430 g/mol. The van der Waals surface area contributed by atoms with Crippen LogP contribution in [0.2, 0.25) is 5.02 Å². The molecule has 1 aromatic carbocycles. The number of carbonyl (C=O) groups is 1. The number of nitrogens with zero attached hydrogens (tertiary/aromatic N) is 2. The van der Waals surface area contributed by atoms with Gasteiger partial charge in [-0.2, -0.15) is 0 Å². The number of carbonyl (C=O) groups excluding carboxylic acids is 1. The number of pyridine rings is 1. The maximum atomic E-state index is 13.1. The number of piperidine rings is 1. The molecule has 3 heterocycles. The number of halogens is 1. The Kier molecular flexibility index (Phi) is 6.40. The SMILES string of the molecule is O=C(C(/C=C\C(O)c1ccc2c(c1)OCO2)Nc1ccc(Cl)cn1)N1CCCCC1. The minimum atomic E-state index is -0.892. The topological polar surface area (TPSA) is 83.9 Å². The summed E-state index contributed by atoms with van der Waals surface area (Å²) in [6.45, 7) is 1.66. The Morgan fingerprint density at radius 2 is 1.93 bits per heavy atom. The Labute approximate surface area is 180 Å². The van der Waals surface area contributed by atoms with Crippen molar-refractivity contribution in [3.63, 3.8) is 0 Å². The fourth-order valence-corrected chi connectivity index (χ4v) is 3.66. The Balaban J connectivity index is 1.51. The van der Waals surface area contributed by atoms with E-state index < -0.39 is 12.1 Å². The van der Waals surface area contributed by atoms with Crippen LogP contribution < -0.4 is 14.8 Å². The third-order valence-corrected chi connectivity index (χ3v) is 5.41. The summed E-state index contributed by atoms with van der Waals surface area (Å²) < 4.78 is 10.7. The van der Waals surface area contributed by atoms with Crippen LogP contribution in [-0.4, -0.2) is 46.8 Å². The average Bonchev–Trinajstić information content (AvgIpc) is 3.26. The van der Waals surface area contributed by atoms with Crippen LogP contribution in [0.3, 0.4) is 0 Å². The number of aliphatic hydroxyl groups excluding tert-OH is 1. The highest BCUT2D eigenvalue weighted by atomic mass is 35.5. The maximum absolute atomic E-state index is 13.1. The van der Waals surface area contributed by atoms with Gasteiger partial charge in [0.2, 0.25) is 12.7 Å². The Bertz CT molecular complexity index is 913. The normalized spacial score (nSPS) is 17.7. The van der Waals surface area contributed by atoms with Gasteiger partial charge in [-0.25, -0.2) is 4.98 Å². The predicted octanol–water partition coefficient (Wildman–Crippen LogP) is 3.55. The molecule has 2 aliphatic heterocycles. The summed E-state index contributed by atoms with van der Waals surface area (Å²) in [5.74, 6) is 1.76. The molecule has 2 unspecified atom stereocenters. The summed E-state index contributed by atoms with van der Waals surface area (Å²) in [5, 5.41) is 14.3. The molecular weight excluding hydrogens is 406 g/mol. The van der Waals surface area contributed by atoms with Gasteiger partial charge in [-0.1, -0.05) is 29.8 Å². The van der Waals surface area contributed by atoms with Gasteiger partial charge in [-0.3, -0.25) is 4.79 Å². The molecule has 158 valence electrons. The van der Waals surface area contributed by atoms with E-state index in [4.69, 9.17) is 21.1 Å². The number of fused-ring (bicyclic) bond motifs is 1. The first-order chi connectivity index (χ1) is 14.6. The van der Waals surface area contributed by atoms with Crippen LogP contribution in [-0.2, 0) is 4.79 Å². The van der Waals surface area contributed by atoms with Crippen LogP contribution in [0, 0.1) is 0 Å². The van der Waals surface area contributed by atoms with Gasteiger partial charge < -0.3 is 24.8 Å². The maximum Gasteiger partial charge on any atom is 0.249 e. The predicted molar refractivity (Wildman–Crippen MR) is 114 cm³/mol. The van der Waals surface area contributed by atoms with Gasteiger partial charge in [-0.15, -0.1) is 0 Å². The number of hydrogen-bond acceptors (Lipinski definition) is 6. The van der Waals surface area contributed by atoms with Crippen LogP contribution >= 0.6 is 11.6 Å². The van der Waals surface area contributed by atoms with Crippen LogP contribution in [0.1, 0.15) is 30.9 Å². The molecule has 30 heavy (non-hydrogen) atoms. The zero-order chi connectivity index (χ0) is 20.9. The van der Waals surface area contributed by atoms with Gasteiger partial charge in [0.25, 0.3) is 0 Å². The lowest BCUT2D eigenvalue weighted by Crippen LogP contribution is -2.44. The number of amides is 1. The third-order valence-electron chi connectivity index (χ3n) is 5.19. The van der Waals surface area contributed by atoms with Crippen molar-refractivity contribution in [2.24, 2.45) is 0 Å². The lowest BCUT2D eigenvalue weighted by Gasteiger charge is -2.30. The van der Waals surface area contributed by atoms with Crippen molar-refractivity contribution in [1.82, 2.24) is 9.88 Å². The zero-order valence-corrected chi connectivity index (χ0v) is 17.2. The zero-order valence-electron chi connectivity index (χ0n) is 16.5. The molecule has 1 fully saturated rings. The van der Waals surface area contributed by atoms with E-state index in [1.54, 1.807) is 42.5 Å². The minimum absolute atomic E-state index is 0.0411. The number of ether oxygens (including phenoxy) is 2. The van der Waals surface area contributed by atoms with Gasteiger partial charge in [0.1, 0.15) is 11.9 Å². The summed E-state index contributed by atoms with van der Waals surface area (Å²) in [4.78, 5) is 19.2. The van der Waals surface area contributed by atoms with Crippen molar-refractivity contribution >= 4 is 23.3 Å². The van der Waals surface area contributed by atoms with Crippen LogP contribution in [0.4, 0.5) is 5.82 Å². The summed E-state index contributed by atoms with van der Waals surface area (Å²) in [6.07, 6.45) is 7.06. The molecule has 0 spiro atoms. The Morgan fingerprint density at radius 1 is 1.13 bits per heavy atom. The van der Waals surface area contributed by atoms with Crippen molar-refractivity contribution in [2.75, 3.05) is 25.2 Å². The Morgan fingerprint density at radius 3 is 2.70 bits per heavy atom. The smallest absolute Gasteiger partial charge is 0.249 e. The molecule has 2 N–H and O–H groups in total. The van der Waals surface area contributed by atoms with E-state index in [9.17, 15) is 9.90 Å². The molecule has 8 heteroatoms. The van der Waals surface area contributed by atoms with Crippen LogP contribution in [0.5, 0.6) is 11.5 Å². The van der Waals surface area contributed by atoms with Crippen LogP contribution in [0.15, 0.2) is 48.7 Å². The van der Waals surface area contributed by atoms with E-state index in [-0.39, 0.29) is 12.7 Å². The van der Waals surface area contributed by atoms with E-state index in [1.165, 1.54) is 6.20 Å². The molecule has 1 amide bonds. The van der Waals surface area contributed by atoms with E-state index in [0.717, 1.165) is 32.4 Å². The monoisotopic (exact) mass is 429 g/mol. The number of likely N-dealkylation sites (tertiary alicyclic amines) is 1. The molecule has 0 radical (unpaired) electrons. The number of rotatable bonds is 6. The fourth-order valence-electron chi connectivity index (χ4n) is 3.55. The van der Waals surface area contributed by atoms with Gasteiger partial charge in [0.05, 0.1) is 11.1 Å². The molecular formula is C22H24ClN3O4. The number of benzene rings is 1. The second-order valence-electron chi connectivity index (χ2n) is 7.31. The van der Waals surface area contributed by atoms with Crippen molar-refractivity contribution in [3.05, 3.63) is 59.3 Å². The van der Waals surface area contributed by atoms with Gasteiger partial charge >= 0.3 is 0 Å². The van der Waals surface area contributed by atoms with Gasteiger partial charge in [-0.05, 0) is 49.1 Å². The largest absolute Gasteiger partial charge is 0.454 e. The lowest BCUT2D eigenvalue weighted by molar-refractivity contribution is -0.131. The second kappa shape index (κ2) is 9.36. The van der Waals surface area contributed by atoms with Gasteiger partial charge in [0.15, 0.2) is 11.5 Å². The van der Waals surface area contributed by atoms with Gasteiger partial charge in [0, 0.05) is 19.3 Å².